The van der Waals surface area contributed by atoms with E-state index in [0.717, 1.165) is 17.2 Å². The molecule has 0 saturated heterocycles. The van der Waals surface area contributed by atoms with Crippen molar-refractivity contribution < 1.29 is 0 Å². The summed E-state index contributed by atoms with van der Waals surface area (Å²) in [4.78, 5) is 0. The number of nitrogens with zero attached hydrogens (tertiary/aromatic N) is 3. The van der Waals surface area contributed by atoms with E-state index >= 15 is 0 Å². The molecule has 0 aliphatic carbocycles. The average molecular weight is 315 g/mol. The summed E-state index contributed by atoms with van der Waals surface area (Å²) >= 11 is 9.43. The van der Waals surface area contributed by atoms with Crippen LogP contribution in [-0.4, -0.2) is 14.8 Å². The highest BCUT2D eigenvalue weighted by molar-refractivity contribution is 9.08. The van der Waals surface area contributed by atoms with Crippen molar-refractivity contribution in [2.45, 2.75) is 25.2 Å². The fourth-order valence-corrected chi connectivity index (χ4v) is 2.35. The molecule has 0 aliphatic heterocycles. The number of hydrogen-bond donors (Lipinski definition) is 0. The van der Waals surface area contributed by atoms with E-state index in [4.69, 9.17) is 11.6 Å². The molecule has 1 aromatic heterocycles. The largest absolute Gasteiger partial charge is 0.308 e. The molecule has 17 heavy (non-hydrogen) atoms. The summed E-state index contributed by atoms with van der Waals surface area (Å²) in [5.74, 6) is 1.78. The summed E-state index contributed by atoms with van der Waals surface area (Å²) in [5.41, 5.74) is 0.992. The van der Waals surface area contributed by atoms with Crippen molar-refractivity contribution >= 4 is 27.5 Å². The molecule has 90 valence electrons. The first-order valence-electron chi connectivity index (χ1n) is 5.39. The van der Waals surface area contributed by atoms with Gasteiger partial charge in [0.1, 0.15) is 5.82 Å². The Morgan fingerprint density at radius 3 is 2.71 bits per heavy atom. The van der Waals surface area contributed by atoms with Gasteiger partial charge < -0.3 is 4.57 Å². The molecule has 0 bridgehead atoms. The van der Waals surface area contributed by atoms with E-state index in [1.54, 1.807) is 0 Å². The molecule has 5 heteroatoms. The highest BCUT2D eigenvalue weighted by atomic mass is 79.9. The van der Waals surface area contributed by atoms with Crippen LogP contribution >= 0.6 is 27.5 Å². The van der Waals surface area contributed by atoms with Crippen LogP contribution in [0.2, 0.25) is 5.02 Å². The first-order chi connectivity index (χ1) is 8.13. The third kappa shape index (κ3) is 2.53. The normalized spacial score (nSPS) is 11.1. The molecule has 1 aromatic carbocycles. The fraction of sp³-hybridized carbons (Fsp3) is 0.333. The van der Waals surface area contributed by atoms with Crippen molar-refractivity contribution in [1.29, 1.82) is 0 Å². The lowest BCUT2D eigenvalue weighted by Crippen LogP contribution is -2.06. The Bertz CT molecular complexity index is 522. The van der Waals surface area contributed by atoms with Crippen LogP contribution in [0, 0.1) is 0 Å². The van der Waals surface area contributed by atoms with E-state index in [1.165, 1.54) is 0 Å². The lowest BCUT2D eigenvalue weighted by atomic mass is 10.2. The fourth-order valence-electron chi connectivity index (χ4n) is 1.78. The van der Waals surface area contributed by atoms with Crippen LogP contribution in [0.3, 0.4) is 0 Å². The lowest BCUT2D eigenvalue weighted by molar-refractivity contribution is 0.586. The van der Waals surface area contributed by atoms with Gasteiger partial charge in [0.25, 0.3) is 0 Å². The van der Waals surface area contributed by atoms with Crippen molar-refractivity contribution in [2.75, 3.05) is 0 Å². The Hall–Kier alpha value is -0.870. The van der Waals surface area contributed by atoms with Crippen LogP contribution in [0.5, 0.6) is 0 Å². The third-order valence-corrected chi connectivity index (χ3v) is 3.22. The number of aromatic nitrogens is 3. The van der Waals surface area contributed by atoms with Crippen molar-refractivity contribution in [3.63, 3.8) is 0 Å². The minimum Gasteiger partial charge on any atom is -0.308 e. The quantitative estimate of drug-likeness (QED) is 0.799. The van der Waals surface area contributed by atoms with Crippen LogP contribution < -0.4 is 0 Å². The number of benzene rings is 1. The second-order valence-corrected chi connectivity index (χ2v) is 5.04. The SMILES string of the molecule is CC(C)n1c(CBr)nnc1-c1cccc(Cl)c1. The Balaban J connectivity index is 2.56. The summed E-state index contributed by atoms with van der Waals surface area (Å²) in [7, 11) is 0. The molecule has 0 N–H and O–H groups in total. The number of hydrogen-bond acceptors (Lipinski definition) is 2. The van der Waals surface area contributed by atoms with Gasteiger partial charge in [0.05, 0.1) is 5.33 Å². The summed E-state index contributed by atoms with van der Waals surface area (Å²) in [6, 6.07) is 7.98. The predicted molar refractivity (Wildman–Crippen MR) is 73.5 cm³/mol. The van der Waals surface area contributed by atoms with Crippen LogP contribution in [0.25, 0.3) is 11.4 Å². The van der Waals surface area contributed by atoms with Gasteiger partial charge in [0, 0.05) is 16.6 Å². The van der Waals surface area contributed by atoms with Crippen LogP contribution in [-0.2, 0) is 5.33 Å². The summed E-state index contributed by atoms with van der Waals surface area (Å²) in [5, 5.41) is 9.83. The Morgan fingerprint density at radius 1 is 1.35 bits per heavy atom. The molecular formula is C12H13BrClN3. The molecule has 0 saturated carbocycles. The number of halogens is 2. The van der Waals surface area contributed by atoms with Gasteiger partial charge in [0.15, 0.2) is 5.82 Å². The summed E-state index contributed by atoms with van der Waals surface area (Å²) in [6.07, 6.45) is 0. The van der Waals surface area contributed by atoms with Gasteiger partial charge >= 0.3 is 0 Å². The van der Waals surface area contributed by atoms with Gasteiger partial charge in [-0.3, -0.25) is 0 Å². The van der Waals surface area contributed by atoms with E-state index in [1.807, 2.05) is 24.3 Å². The molecule has 0 aliphatic rings. The predicted octanol–water partition coefficient (Wildman–Crippen LogP) is 4.07. The van der Waals surface area contributed by atoms with Crippen molar-refractivity contribution in [3.8, 4) is 11.4 Å². The molecule has 0 unspecified atom stereocenters. The molecule has 0 atom stereocenters. The molecule has 1 heterocycles. The zero-order valence-electron chi connectivity index (χ0n) is 9.69. The Morgan fingerprint density at radius 2 is 2.12 bits per heavy atom. The van der Waals surface area contributed by atoms with Crippen molar-refractivity contribution in [3.05, 3.63) is 35.1 Å². The van der Waals surface area contributed by atoms with Crippen molar-refractivity contribution in [1.82, 2.24) is 14.8 Å². The van der Waals surface area contributed by atoms with Crippen LogP contribution in [0.1, 0.15) is 25.7 Å². The molecule has 0 fully saturated rings. The molecule has 2 rings (SSSR count). The van der Waals surface area contributed by atoms with Gasteiger partial charge in [-0.1, -0.05) is 39.7 Å². The summed E-state index contributed by atoms with van der Waals surface area (Å²) < 4.78 is 2.11. The minimum atomic E-state index is 0.312. The average Bonchev–Trinajstić information content (AvgIpc) is 2.72. The molecular weight excluding hydrogens is 302 g/mol. The Labute approximate surface area is 114 Å². The molecule has 0 spiro atoms. The summed E-state index contributed by atoms with van der Waals surface area (Å²) in [6.45, 7) is 4.23. The number of alkyl halides is 1. The van der Waals surface area contributed by atoms with E-state index in [2.05, 4.69) is 44.5 Å². The molecule has 2 aromatic rings. The highest BCUT2D eigenvalue weighted by Crippen LogP contribution is 2.25. The van der Waals surface area contributed by atoms with Gasteiger partial charge in [-0.15, -0.1) is 10.2 Å². The molecule has 3 nitrogen and oxygen atoms in total. The lowest BCUT2D eigenvalue weighted by Gasteiger charge is -2.13. The maximum absolute atomic E-state index is 6.00. The Kier molecular flexibility index (Phi) is 3.84. The van der Waals surface area contributed by atoms with Gasteiger partial charge in [-0.05, 0) is 26.0 Å². The monoisotopic (exact) mass is 313 g/mol. The highest BCUT2D eigenvalue weighted by Gasteiger charge is 2.15. The third-order valence-electron chi connectivity index (χ3n) is 2.49. The second kappa shape index (κ2) is 5.19. The van der Waals surface area contributed by atoms with Gasteiger partial charge in [0.2, 0.25) is 0 Å². The maximum Gasteiger partial charge on any atom is 0.164 e. The standard InChI is InChI=1S/C12H13BrClN3/c1-8(2)17-11(7-13)15-16-12(17)9-4-3-5-10(14)6-9/h3-6,8H,7H2,1-2H3. The number of rotatable bonds is 3. The van der Waals surface area contributed by atoms with E-state index in [-0.39, 0.29) is 0 Å². The second-order valence-electron chi connectivity index (χ2n) is 4.05. The van der Waals surface area contributed by atoms with Gasteiger partial charge in [-0.2, -0.15) is 0 Å². The maximum atomic E-state index is 6.00. The van der Waals surface area contributed by atoms with E-state index in [0.29, 0.717) is 16.4 Å². The van der Waals surface area contributed by atoms with E-state index in [9.17, 15) is 0 Å². The first kappa shape index (κ1) is 12.6. The van der Waals surface area contributed by atoms with Gasteiger partial charge in [-0.25, -0.2) is 0 Å². The molecule has 0 radical (unpaired) electrons. The van der Waals surface area contributed by atoms with Crippen molar-refractivity contribution in [2.24, 2.45) is 0 Å². The topological polar surface area (TPSA) is 30.7 Å². The minimum absolute atomic E-state index is 0.312. The van der Waals surface area contributed by atoms with Crippen LogP contribution in [0.4, 0.5) is 0 Å². The smallest absolute Gasteiger partial charge is 0.164 e. The van der Waals surface area contributed by atoms with Crippen LogP contribution in [0.15, 0.2) is 24.3 Å². The molecule has 0 amide bonds. The zero-order valence-corrected chi connectivity index (χ0v) is 12.0. The van der Waals surface area contributed by atoms with E-state index < -0.39 is 0 Å². The zero-order chi connectivity index (χ0) is 12.4. The first-order valence-corrected chi connectivity index (χ1v) is 6.89.